The first-order valence-corrected chi connectivity index (χ1v) is 8.82. The highest BCUT2D eigenvalue weighted by Crippen LogP contribution is 2.34. The van der Waals surface area contributed by atoms with Gasteiger partial charge in [0.15, 0.2) is 0 Å². The van der Waals surface area contributed by atoms with Gasteiger partial charge >= 0.3 is 5.97 Å². The van der Waals surface area contributed by atoms with Gasteiger partial charge in [0, 0.05) is 23.8 Å². The van der Waals surface area contributed by atoms with Crippen LogP contribution in [-0.4, -0.2) is 10.9 Å². The number of halogens is 2. The Kier molecular flexibility index (Phi) is 6.13. The van der Waals surface area contributed by atoms with Crippen molar-refractivity contribution < 1.29 is 18.9 Å². The highest BCUT2D eigenvalue weighted by molar-refractivity contribution is 6.43. The molecule has 3 rings (SSSR count). The molecule has 0 saturated carbocycles. The second-order valence-electron chi connectivity index (χ2n) is 5.66. The predicted molar refractivity (Wildman–Crippen MR) is 106 cm³/mol. The minimum Gasteiger partial charge on any atom is -0.457 e. The van der Waals surface area contributed by atoms with Gasteiger partial charge in [-0.3, -0.25) is 10.1 Å². The van der Waals surface area contributed by atoms with Crippen LogP contribution in [0.25, 0.3) is 17.4 Å². The predicted octanol–water partition coefficient (Wildman–Crippen LogP) is 5.92. The number of carbonyl (C=O) groups is 1. The Morgan fingerprint density at radius 1 is 1.14 bits per heavy atom. The Bertz CT molecular complexity index is 1060. The van der Waals surface area contributed by atoms with Gasteiger partial charge in [-0.15, -0.1) is 0 Å². The maximum absolute atomic E-state index is 11.9. The van der Waals surface area contributed by atoms with E-state index < -0.39 is 10.9 Å². The van der Waals surface area contributed by atoms with Crippen LogP contribution in [0.1, 0.15) is 11.3 Å². The molecule has 0 fully saturated rings. The summed E-state index contributed by atoms with van der Waals surface area (Å²) < 4.78 is 10.8. The Labute approximate surface area is 170 Å². The van der Waals surface area contributed by atoms with Crippen molar-refractivity contribution in [3.8, 4) is 11.3 Å². The summed E-state index contributed by atoms with van der Waals surface area (Å²) in [5.41, 5.74) is 1.10. The van der Waals surface area contributed by atoms with Crippen molar-refractivity contribution in [2.45, 2.75) is 6.61 Å². The molecular weight excluding hydrogens is 405 g/mol. The van der Waals surface area contributed by atoms with E-state index in [-0.39, 0.29) is 12.3 Å². The molecule has 0 aliphatic heterocycles. The standard InChI is InChI=1S/C20H13Cl2NO5/c21-17-6-2-5-16(20(17)22)18-9-8-15(28-18)12-27-19(24)10-7-13-3-1-4-14(11-13)23(25)26/h1-11H,12H2. The second-order valence-corrected chi connectivity index (χ2v) is 6.45. The smallest absolute Gasteiger partial charge is 0.331 e. The van der Waals surface area contributed by atoms with Gasteiger partial charge < -0.3 is 9.15 Å². The molecule has 1 aromatic heterocycles. The summed E-state index contributed by atoms with van der Waals surface area (Å²) in [6.45, 7) is -0.0731. The summed E-state index contributed by atoms with van der Waals surface area (Å²) in [6.07, 6.45) is 2.63. The first-order chi connectivity index (χ1) is 13.4. The largest absolute Gasteiger partial charge is 0.457 e. The molecule has 0 bridgehead atoms. The van der Waals surface area contributed by atoms with E-state index in [1.807, 2.05) is 0 Å². The Morgan fingerprint density at radius 2 is 1.93 bits per heavy atom. The fourth-order valence-electron chi connectivity index (χ4n) is 2.39. The maximum Gasteiger partial charge on any atom is 0.331 e. The molecule has 142 valence electrons. The lowest BCUT2D eigenvalue weighted by molar-refractivity contribution is -0.384. The van der Waals surface area contributed by atoms with Crippen molar-refractivity contribution in [2.75, 3.05) is 0 Å². The van der Waals surface area contributed by atoms with Crippen LogP contribution in [0, 0.1) is 10.1 Å². The monoisotopic (exact) mass is 417 g/mol. The average molecular weight is 418 g/mol. The van der Waals surface area contributed by atoms with Gasteiger partial charge in [-0.2, -0.15) is 0 Å². The summed E-state index contributed by atoms with van der Waals surface area (Å²) in [7, 11) is 0. The molecule has 0 atom stereocenters. The number of ether oxygens (including phenoxy) is 1. The molecule has 0 N–H and O–H groups in total. The number of benzene rings is 2. The molecule has 8 heteroatoms. The van der Waals surface area contributed by atoms with Crippen LogP contribution in [0.4, 0.5) is 5.69 Å². The molecule has 1 heterocycles. The van der Waals surface area contributed by atoms with Crippen molar-refractivity contribution in [1.82, 2.24) is 0 Å². The zero-order valence-electron chi connectivity index (χ0n) is 14.3. The Balaban J connectivity index is 1.61. The zero-order valence-corrected chi connectivity index (χ0v) is 15.8. The summed E-state index contributed by atoms with van der Waals surface area (Å²) in [6, 6.07) is 14.5. The average Bonchev–Trinajstić information content (AvgIpc) is 3.16. The first kappa shape index (κ1) is 19.7. The van der Waals surface area contributed by atoms with E-state index in [2.05, 4.69) is 0 Å². The zero-order chi connectivity index (χ0) is 20.1. The van der Waals surface area contributed by atoms with Gasteiger partial charge in [0.1, 0.15) is 18.1 Å². The van der Waals surface area contributed by atoms with Gasteiger partial charge in [-0.1, -0.05) is 41.4 Å². The minimum absolute atomic E-state index is 0.0571. The van der Waals surface area contributed by atoms with Crippen molar-refractivity contribution in [1.29, 1.82) is 0 Å². The van der Waals surface area contributed by atoms with E-state index in [9.17, 15) is 14.9 Å². The number of nitro groups is 1. The number of hydrogen-bond donors (Lipinski definition) is 0. The molecule has 0 spiro atoms. The normalized spacial score (nSPS) is 10.9. The SMILES string of the molecule is O=C(C=Cc1cccc([N+](=O)[O-])c1)OCc1ccc(-c2cccc(Cl)c2Cl)o1. The van der Waals surface area contributed by atoms with E-state index in [4.69, 9.17) is 32.4 Å². The number of nitro benzene ring substituents is 1. The lowest BCUT2D eigenvalue weighted by Crippen LogP contribution is -1.99. The number of rotatable bonds is 6. The quantitative estimate of drug-likeness (QED) is 0.215. The van der Waals surface area contributed by atoms with Gasteiger partial charge in [-0.05, 0) is 35.9 Å². The number of carbonyl (C=O) groups excluding carboxylic acids is 1. The van der Waals surface area contributed by atoms with Crippen molar-refractivity contribution in [2.24, 2.45) is 0 Å². The van der Waals surface area contributed by atoms with E-state index >= 15 is 0 Å². The summed E-state index contributed by atoms with van der Waals surface area (Å²) in [5.74, 6) is 0.332. The fraction of sp³-hybridized carbons (Fsp3) is 0.0500. The van der Waals surface area contributed by atoms with E-state index in [1.165, 1.54) is 30.4 Å². The van der Waals surface area contributed by atoms with E-state index in [0.717, 1.165) is 0 Å². The van der Waals surface area contributed by atoms with Crippen LogP contribution >= 0.6 is 23.2 Å². The highest BCUT2D eigenvalue weighted by Gasteiger charge is 2.12. The molecule has 2 aromatic carbocycles. The van der Waals surface area contributed by atoms with Crippen LogP contribution in [-0.2, 0) is 16.1 Å². The summed E-state index contributed by atoms with van der Waals surface area (Å²) in [5, 5.41) is 11.5. The van der Waals surface area contributed by atoms with Crippen molar-refractivity contribution in [3.05, 3.63) is 92.2 Å². The molecule has 6 nitrogen and oxygen atoms in total. The number of esters is 1. The number of furan rings is 1. The molecule has 0 amide bonds. The molecule has 0 aliphatic carbocycles. The molecule has 3 aromatic rings. The van der Waals surface area contributed by atoms with Crippen molar-refractivity contribution >= 4 is 40.9 Å². The molecular formula is C20H13Cl2NO5. The molecule has 0 aliphatic rings. The first-order valence-electron chi connectivity index (χ1n) is 8.06. The molecule has 0 radical (unpaired) electrons. The third-order valence-electron chi connectivity index (χ3n) is 3.73. The summed E-state index contributed by atoms with van der Waals surface area (Å²) >= 11 is 12.2. The fourth-order valence-corrected chi connectivity index (χ4v) is 2.78. The third kappa shape index (κ3) is 4.79. The van der Waals surface area contributed by atoms with Crippen LogP contribution in [0.2, 0.25) is 10.0 Å². The number of non-ortho nitro benzene ring substituents is 1. The second kappa shape index (κ2) is 8.73. The van der Waals surface area contributed by atoms with Crippen LogP contribution < -0.4 is 0 Å². The number of nitrogens with zero attached hydrogens (tertiary/aromatic N) is 1. The van der Waals surface area contributed by atoms with E-state index in [0.29, 0.717) is 32.7 Å². The minimum atomic E-state index is -0.606. The van der Waals surface area contributed by atoms with Crippen LogP contribution in [0.15, 0.2) is 65.1 Å². The van der Waals surface area contributed by atoms with E-state index in [1.54, 1.807) is 36.4 Å². The molecule has 0 saturated heterocycles. The lowest BCUT2D eigenvalue weighted by atomic mass is 10.2. The topological polar surface area (TPSA) is 82.6 Å². The van der Waals surface area contributed by atoms with Crippen LogP contribution in [0.5, 0.6) is 0 Å². The van der Waals surface area contributed by atoms with Gasteiger partial charge in [0.25, 0.3) is 5.69 Å². The molecule has 0 unspecified atom stereocenters. The maximum atomic E-state index is 11.9. The summed E-state index contributed by atoms with van der Waals surface area (Å²) in [4.78, 5) is 22.1. The number of hydrogen-bond acceptors (Lipinski definition) is 5. The van der Waals surface area contributed by atoms with Gasteiger partial charge in [0.2, 0.25) is 0 Å². The molecule has 28 heavy (non-hydrogen) atoms. The van der Waals surface area contributed by atoms with Gasteiger partial charge in [-0.25, -0.2) is 4.79 Å². The lowest BCUT2D eigenvalue weighted by Gasteiger charge is -2.03. The van der Waals surface area contributed by atoms with Crippen LogP contribution in [0.3, 0.4) is 0 Å². The van der Waals surface area contributed by atoms with Crippen molar-refractivity contribution in [3.63, 3.8) is 0 Å². The Morgan fingerprint density at radius 3 is 2.71 bits per heavy atom. The highest BCUT2D eigenvalue weighted by atomic mass is 35.5. The Hall–Kier alpha value is -3.09. The third-order valence-corrected chi connectivity index (χ3v) is 4.55. The van der Waals surface area contributed by atoms with Gasteiger partial charge in [0.05, 0.1) is 15.0 Å².